The lowest BCUT2D eigenvalue weighted by molar-refractivity contribution is -0.137. The van der Waals surface area contributed by atoms with E-state index in [4.69, 9.17) is 64.8 Å². The van der Waals surface area contributed by atoms with Crippen LogP contribution in [0.4, 0.5) is 0 Å². The van der Waals surface area contributed by atoms with Crippen LogP contribution in [0.25, 0.3) is 0 Å². The van der Waals surface area contributed by atoms with E-state index >= 15 is 0 Å². The molecule has 0 radical (unpaired) electrons. The van der Waals surface area contributed by atoms with E-state index in [9.17, 15) is 48.3 Å². The number of hydrogen-bond donors (Lipinski definition) is 12. The molecule has 4 atom stereocenters. The van der Waals surface area contributed by atoms with E-state index in [1.807, 2.05) is 0 Å². The first-order valence-corrected chi connectivity index (χ1v) is 27.5. The van der Waals surface area contributed by atoms with Crippen LogP contribution in [-0.4, -0.2) is 148 Å². The number of nitrogens with one attached hydrogen (secondary N) is 3. The number of ketones is 4. The fourth-order valence-corrected chi connectivity index (χ4v) is 9.09. The standard InChI is InChI=1S/C59H78N14O14/c1-84-48-16-11-32(24-36(48)53(61)80)29-45(75)41(9-6-22-69-58(64)65)71-54(81)38-26-34(13-18-50(38)86-3)30-46(76)42(10-7-23-70-59(66)67)72-55(82)39-27-35(14-19-51(39)87-4)31-47(77)43(15-20-52(78)79)73-56(83)37-25-33(12-17-49(37)85-2)28-44(74)40(60)8-5-21-68-57(62)63/h11-14,16-19,24-27,40-43H,5-10,15,20-23,28-31,60H2,1-4H3,(H2,61,80)(H,71,81)(H,72,82)(H,73,83)(H,78,79)(H4,62,63,68)(H4,64,65,69)(H4,66,67,70)/t40-,41-,42-,43-/m0/s1. The minimum atomic E-state index is -1.37. The highest BCUT2D eigenvalue weighted by Gasteiger charge is 2.29. The van der Waals surface area contributed by atoms with Crippen molar-refractivity contribution in [2.45, 2.75) is 101 Å². The molecule has 0 spiro atoms. The lowest BCUT2D eigenvalue weighted by Gasteiger charge is -2.21. The van der Waals surface area contributed by atoms with Crippen LogP contribution >= 0.6 is 0 Å². The Kier molecular flexibility index (Phi) is 27.6. The second kappa shape index (κ2) is 34.6. The van der Waals surface area contributed by atoms with Crippen LogP contribution in [0.15, 0.2) is 87.8 Å². The number of aliphatic carboxylic acids is 1. The monoisotopic (exact) mass is 1210 g/mol. The number of nitrogens with two attached hydrogens (primary N) is 8. The normalized spacial score (nSPS) is 12.1. The smallest absolute Gasteiger partial charge is 0.303 e. The summed E-state index contributed by atoms with van der Waals surface area (Å²) < 4.78 is 21.7. The third-order valence-corrected chi connectivity index (χ3v) is 13.6. The number of guanidine groups is 3. The van der Waals surface area contributed by atoms with Crippen LogP contribution in [0, 0.1) is 0 Å². The van der Waals surface area contributed by atoms with Crippen molar-refractivity contribution in [1.29, 1.82) is 0 Å². The Morgan fingerprint density at radius 2 is 0.713 bits per heavy atom. The van der Waals surface area contributed by atoms with Crippen LogP contribution < -0.4 is 80.8 Å². The Hall–Kier alpha value is -10.1. The Labute approximate surface area is 502 Å². The van der Waals surface area contributed by atoms with Crippen LogP contribution in [0.2, 0.25) is 0 Å². The van der Waals surface area contributed by atoms with E-state index in [0.29, 0.717) is 29.5 Å². The number of rotatable bonds is 38. The summed E-state index contributed by atoms with van der Waals surface area (Å²) in [4.78, 5) is 134. The zero-order valence-electron chi connectivity index (χ0n) is 49.1. The molecule has 0 saturated carbocycles. The van der Waals surface area contributed by atoms with Crippen molar-refractivity contribution in [2.75, 3.05) is 48.1 Å². The van der Waals surface area contributed by atoms with Crippen molar-refractivity contribution < 1.29 is 67.2 Å². The number of carbonyl (C=O) groups is 9. The fourth-order valence-electron chi connectivity index (χ4n) is 9.09. The summed E-state index contributed by atoms with van der Waals surface area (Å²) >= 11 is 0. The number of Topliss-reactive ketones (excluding diaryl/α,β-unsaturated/α-hetero) is 4. The first-order chi connectivity index (χ1) is 41.4. The van der Waals surface area contributed by atoms with Crippen molar-refractivity contribution in [3.05, 3.63) is 117 Å². The molecule has 28 heteroatoms. The number of primary amides is 1. The number of aliphatic imine (C=N–C) groups is 3. The molecule has 0 unspecified atom stereocenters. The van der Waals surface area contributed by atoms with Gasteiger partial charge < -0.3 is 85.9 Å². The molecule has 0 aliphatic rings. The quantitative estimate of drug-likeness (QED) is 0.0160. The number of ether oxygens (including phenoxy) is 4. The molecule has 468 valence electrons. The van der Waals surface area contributed by atoms with Gasteiger partial charge in [0.25, 0.3) is 23.6 Å². The van der Waals surface area contributed by atoms with Crippen molar-refractivity contribution in [1.82, 2.24) is 16.0 Å². The average molecular weight is 1210 g/mol. The molecule has 0 fully saturated rings. The average Bonchev–Trinajstić information content (AvgIpc) is 2.63. The number of carboxylic acid groups (broad SMARTS) is 1. The first-order valence-electron chi connectivity index (χ1n) is 27.5. The number of nitrogens with zero attached hydrogens (tertiary/aromatic N) is 3. The minimum Gasteiger partial charge on any atom is -0.496 e. The molecule has 20 N–H and O–H groups in total. The van der Waals surface area contributed by atoms with Gasteiger partial charge in [0, 0.05) is 51.7 Å². The topological polar surface area (TPSA) is 492 Å². The summed E-state index contributed by atoms with van der Waals surface area (Å²) in [5, 5.41) is 17.8. The third-order valence-electron chi connectivity index (χ3n) is 13.6. The number of amides is 4. The number of carbonyl (C=O) groups excluding carboxylic acids is 8. The van der Waals surface area contributed by atoms with Gasteiger partial charge in [-0.2, -0.15) is 0 Å². The zero-order chi connectivity index (χ0) is 64.3. The Morgan fingerprint density at radius 1 is 0.425 bits per heavy atom. The van der Waals surface area contributed by atoms with Gasteiger partial charge in [-0.05, 0) is 116 Å². The van der Waals surface area contributed by atoms with Gasteiger partial charge in [-0.25, -0.2) is 0 Å². The van der Waals surface area contributed by atoms with E-state index in [1.165, 1.54) is 83.0 Å². The SMILES string of the molecule is COc1ccc(CC(=O)[C@H](CCCN=C(N)N)NC(=O)c2cc(CC(=O)[C@H](CCCN=C(N)N)NC(=O)c3cc(CC(=O)[C@H](CCC(=O)O)NC(=O)c4cc(CC(=O)[C@@H](N)CCCN=C(N)N)ccc4OC)ccc3OC)ccc2OC)cc1C(N)=O. The maximum Gasteiger partial charge on any atom is 0.303 e. The Morgan fingerprint density at radius 3 is 1.01 bits per heavy atom. The molecule has 0 aliphatic heterocycles. The molecule has 0 aliphatic carbocycles. The fraction of sp³-hybridized carbons (Fsp3) is 0.390. The molecule has 4 aromatic rings. The molecule has 4 rings (SSSR count). The molecular weight excluding hydrogens is 1130 g/mol. The maximum absolute atomic E-state index is 14.4. The number of carboxylic acids is 1. The third kappa shape index (κ3) is 22.4. The van der Waals surface area contributed by atoms with Crippen molar-refractivity contribution in [3.8, 4) is 23.0 Å². The van der Waals surface area contributed by atoms with Crippen LogP contribution in [0.3, 0.4) is 0 Å². The van der Waals surface area contributed by atoms with Gasteiger partial charge in [-0.1, -0.05) is 24.3 Å². The van der Waals surface area contributed by atoms with Gasteiger partial charge in [0.05, 0.1) is 74.9 Å². The Bertz CT molecular complexity index is 3230. The summed E-state index contributed by atoms with van der Waals surface area (Å²) in [6, 6.07) is 13.2. The molecule has 4 aromatic carbocycles. The molecular formula is C59H78N14O14. The first kappa shape index (κ1) is 69.4. The molecule has 0 aromatic heterocycles. The highest BCUT2D eigenvalue weighted by Crippen LogP contribution is 2.26. The number of methoxy groups -OCH3 is 4. The summed E-state index contributed by atoms with van der Waals surface area (Å²) in [6.45, 7) is 0.505. The van der Waals surface area contributed by atoms with E-state index in [2.05, 4.69) is 30.9 Å². The van der Waals surface area contributed by atoms with E-state index in [-0.39, 0.29) is 145 Å². The molecule has 0 heterocycles. The summed E-state index contributed by atoms with van der Waals surface area (Å²) in [5.74, 6) is -6.21. The highest BCUT2D eigenvalue weighted by molar-refractivity contribution is 6.04. The van der Waals surface area contributed by atoms with E-state index < -0.39 is 84.0 Å². The van der Waals surface area contributed by atoms with E-state index in [1.54, 1.807) is 18.2 Å². The van der Waals surface area contributed by atoms with Gasteiger partial charge in [0.15, 0.2) is 41.0 Å². The number of benzene rings is 4. The van der Waals surface area contributed by atoms with Gasteiger partial charge in [0.1, 0.15) is 23.0 Å². The highest BCUT2D eigenvalue weighted by atomic mass is 16.5. The molecule has 0 saturated heterocycles. The zero-order valence-corrected chi connectivity index (χ0v) is 49.1. The van der Waals surface area contributed by atoms with Gasteiger partial charge in [-0.3, -0.25) is 58.1 Å². The van der Waals surface area contributed by atoms with Crippen molar-refractivity contribution in [2.24, 2.45) is 60.8 Å². The van der Waals surface area contributed by atoms with Gasteiger partial charge in [0.2, 0.25) is 0 Å². The second-order valence-corrected chi connectivity index (χ2v) is 20.0. The minimum absolute atomic E-state index is 0.0222. The molecule has 87 heavy (non-hydrogen) atoms. The predicted octanol–water partition coefficient (Wildman–Crippen LogP) is 0.0150. The lowest BCUT2D eigenvalue weighted by Crippen LogP contribution is -2.42. The molecule has 28 nitrogen and oxygen atoms in total. The van der Waals surface area contributed by atoms with Gasteiger partial charge in [-0.15, -0.1) is 0 Å². The summed E-state index contributed by atoms with van der Waals surface area (Å²) in [5.41, 5.74) is 45.8. The van der Waals surface area contributed by atoms with E-state index in [0.717, 1.165) is 0 Å². The van der Waals surface area contributed by atoms with Crippen molar-refractivity contribution >= 4 is 70.6 Å². The van der Waals surface area contributed by atoms with Gasteiger partial charge >= 0.3 is 5.97 Å². The maximum atomic E-state index is 14.4. The molecule has 4 amide bonds. The van der Waals surface area contributed by atoms with Crippen LogP contribution in [-0.2, 0) is 49.7 Å². The summed E-state index contributed by atoms with van der Waals surface area (Å²) in [6.07, 6.45) is -0.592. The Balaban J connectivity index is 1.59. The largest absolute Gasteiger partial charge is 0.496 e. The van der Waals surface area contributed by atoms with Crippen LogP contribution in [0.5, 0.6) is 23.0 Å². The second-order valence-electron chi connectivity index (χ2n) is 20.0. The number of hydrogen-bond acceptors (Lipinski definition) is 17. The lowest BCUT2D eigenvalue weighted by atomic mass is 9.96. The summed E-state index contributed by atoms with van der Waals surface area (Å²) in [7, 11) is 5.33. The molecule has 0 bridgehead atoms. The van der Waals surface area contributed by atoms with Crippen LogP contribution in [0.1, 0.15) is 115 Å². The van der Waals surface area contributed by atoms with Crippen molar-refractivity contribution in [3.63, 3.8) is 0 Å². The predicted molar refractivity (Wildman–Crippen MR) is 324 cm³/mol.